The van der Waals surface area contributed by atoms with Gasteiger partial charge in [0.2, 0.25) is 5.88 Å². The van der Waals surface area contributed by atoms with Crippen molar-refractivity contribution in [2.75, 3.05) is 18.4 Å². The van der Waals surface area contributed by atoms with Gasteiger partial charge in [-0.1, -0.05) is 15.9 Å². The van der Waals surface area contributed by atoms with Crippen LogP contribution < -0.4 is 4.74 Å². The molecule has 108 valence electrons. The van der Waals surface area contributed by atoms with Crippen molar-refractivity contribution in [2.24, 2.45) is 0 Å². The van der Waals surface area contributed by atoms with Crippen LogP contribution in [0.3, 0.4) is 0 Å². The number of likely N-dealkylation sites (tertiary alicyclic amines) is 1. The van der Waals surface area contributed by atoms with Crippen LogP contribution in [0.25, 0.3) is 0 Å². The normalized spacial score (nSPS) is 15.0. The molecule has 0 atom stereocenters. The Kier molecular flexibility index (Phi) is 5.05. The summed E-state index contributed by atoms with van der Waals surface area (Å²) in [6.45, 7) is 3.05. The molecule has 7 heteroatoms. The van der Waals surface area contributed by atoms with Crippen LogP contribution in [0.5, 0.6) is 5.88 Å². The van der Waals surface area contributed by atoms with Crippen LogP contribution in [0, 0.1) is 6.92 Å². The Bertz CT molecular complexity index is 516. The second-order valence-corrected chi connectivity index (χ2v) is 5.17. The van der Waals surface area contributed by atoms with Crippen LogP contribution in [-0.4, -0.2) is 45.2 Å². The van der Waals surface area contributed by atoms with Crippen molar-refractivity contribution >= 4 is 27.8 Å². The number of aromatic nitrogens is 2. The lowest BCUT2D eigenvalue weighted by Crippen LogP contribution is -2.38. The van der Waals surface area contributed by atoms with Crippen molar-refractivity contribution in [2.45, 2.75) is 26.2 Å². The fourth-order valence-electron chi connectivity index (χ4n) is 2.01. The van der Waals surface area contributed by atoms with E-state index in [1.54, 1.807) is 11.8 Å². The number of halogens is 1. The molecule has 1 aromatic heterocycles. The lowest BCUT2D eigenvalue weighted by molar-refractivity contribution is 0.101. The molecule has 0 aliphatic carbocycles. The van der Waals surface area contributed by atoms with Crippen molar-refractivity contribution in [1.29, 1.82) is 0 Å². The van der Waals surface area contributed by atoms with E-state index in [0.717, 1.165) is 19.3 Å². The lowest BCUT2D eigenvalue weighted by Gasteiger charge is -2.25. The SMILES string of the molecule is Cc1ncc(C(=O)CBr)c(OC(=O)N2CCCCC2)n1. The average Bonchev–Trinajstić information content (AvgIpc) is 2.47. The Morgan fingerprint density at radius 3 is 2.70 bits per heavy atom. The quantitative estimate of drug-likeness (QED) is 0.623. The van der Waals surface area contributed by atoms with Gasteiger partial charge in [0.15, 0.2) is 5.78 Å². The van der Waals surface area contributed by atoms with Crippen molar-refractivity contribution < 1.29 is 14.3 Å². The number of carbonyl (C=O) groups is 2. The summed E-state index contributed by atoms with van der Waals surface area (Å²) in [5, 5.41) is 0.133. The molecule has 0 N–H and O–H groups in total. The van der Waals surface area contributed by atoms with Gasteiger partial charge in [0.25, 0.3) is 0 Å². The molecular weight excluding hydrogens is 326 g/mol. The number of Topliss-reactive ketones (excluding diaryl/α,β-unsaturated/α-hetero) is 1. The molecule has 1 amide bonds. The van der Waals surface area contributed by atoms with E-state index in [2.05, 4.69) is 25.9 Å². The van der Waals surface area contributed by atoms with Crippen LogP contribution in [0.2, 0.25) is 0 Å². The third kappa shape index (κ3) is 3.53. The number of rotatable bonds is 3. The molecule has 1 saturated heterocycles. The molecule has 1 aliphatic rings. The van der Waals surface area contributed by atoms with Crippen molar-refractivity contribution in [3.8, 4) is 5.88 Å². The van der Waals surface area contributed by atoms with Crippen LogP contribution in [-0.2, 0) is 0 Å². The molecule has 2 rings (SSSR count). The molecule has 0 aromatic carbocycles. The van der Waals surface area contributed by atoms with Gasteiger partial charge in [-0.25, -0.2) is 9.78 Å². The Morgan fingerprint density at radius 2 is 2.05 bits per heavy atom. The number of amides is 1. The summed E-state index contributed by atoms with van der Waals surface area (Å²) in [6.07, 6.45) is 4.02. The van der Waals surface area contributed by atoms with E-state index in [1.165, 1.54) is 6.20 Å². The van der Waals surface area contributed by atoms with E-state index < -0.39 is 6.09 Å². The average molecular weight is 342 g/mol. The number of hydrogen-bond acceptors (Lipinski definition) is 5. The van der Waals surface area contributed by atoms with Crippen LogP contribution in [0.1, 0.15) is 35.4 Å². The Hall–Kier alpha value is -1.50. The number of hydrogen-bond donors (Lipinski definition) is 0. The van der Waals surface area contributed by atoms with E-state index in [1.807, 2.05) is 0 Å². The zero-order valence-electron chi connectivity index (χ0n) is 11.3. The summed E-state index contributed by atoms with van der Waals surface area (Å²) >= 11 is 3.09. The van der Waals surface area contributed by atoms with Gasteiger partial charge in [-0.05, 0) is 26.2 Å². The number of ether oxygens (including phenoxy) is 1. The molecule has 1 aromatic rings. The molecule has 1 aliphatic heterocycles. The summed E-state index contributed by atoms with van der Waals surface area (Å²) in [5.74, 6) is 0.279. The standard InChI is InChI=1S/C13H16BrN3O3/c1-9-15-8-10(11(18)7-14)12(16-9)20-13(19)17-5-3-2-4-6-17/h8H,2-7H2,1H3. The maximum Gasteiger partial charge on any atom is 0.416 e. The first kappa shape index (κ1) is 14.9. The smallest absolute Gasteiger partial charge is 0.390 e. The van der Waals surface area contributed by atoms with Gasteiger partial charge in [-0.15, -0.1) is 0 Å². The van der Waals surface area contributed by atoms with Gasteiger partial charge in [-0.3, -0.25) is 4.79 Å². The number of carbonyl (C=O) groups excluding carboxylic acids is 2. The summed E-state index contributed by atoms with van der Waals surface area (Å²) in [7, 11) is 0. The largest absolute Gasteiger partial charge is 0.416 e. The fraction of sp³-hybridized carbons (Fsp3) is 0.538. The number of piperidine rings is 1. The predicted octanol–water partition coefficient (Wildman–Crippen LogP) is 2.35. The topological polar surface area (TPSA) is 72.4 Å². The van der Waals surface area contributed by atoms with E-state index in [0.29, 0.717) is 18.9 Å². The highest BCUT2D eigenvalue weighted by atomic mass is 79.9. The summed E-state index contributed by atoms with van der Waals surface area (Å²) < 4.78 is 5.28. The molecule has 1 fully saturated rings. The minimum atomic E-state index is -0.452. The second kappa shape index (κ2) is 6.78. The number of alkyl halides is 1. The molecule has 0 radical (unpaired) electrons. The zero-order valence-corrected chi connectivity index (χ0v) is 12.9. The van der Waals surface area contributed by atoms with Crippen LogP contribution in [0.4, 0.5) is 4.79 Å². The number of ketones is 1. The highest BCUT2D eigenvalue weighted by Crippen LogP contribution is 2.18. The minimum Gasteiger partial charge on any atom is -0.390 e. The zero-order chi connectivity index (χ0) is 14.5. The first-order valence-corrected chi connectivity index (χ1v) is 7.63. The van der Waals surface area contributed by atoms with Gasteiger partial charge in [-0.2, -0.15) is 4.98 Å². The maximum atomic E-state index is 12.1. The van der Waals surface area contributed by atoms with Gasteiger partial charge >= 0.3 is 6.09 Å². The highest BCUT2D eigenvalue weighted by Gasteiger charge is 2.22. The fourth-order valence-corrected chi connectivity index (χ4v) is 2.32. The minimum absolute atomic E-state index is 0.0394. The lowest BCUT2D eigenvalue weighted by atomic mass is 10.1. The molecule has 20 heavy (non-hydrogen) atoms. The third-order valence-corrected chi connectivity index (χ3v) is 3.60. The summed E-state index contributed by atoms with van der Waals surface area (Å²) in [5.41, 5.74) is 0.220. The Morgan fingerprint density at radius 1 is 1.35 bits per heavy atom. The highest BCUT2D eigenvalue weighted by molar-refractivity contribution is 9.09. The van der Waals surface area contributed by atoms with Crippen LogP contribution in [0.15, 0.2) is 6.20 Å². The monoisotopic (exact) mass is 341 g/mol. The third-order valence-electron chi connectivity index (χ3n) is 3.09. The second-order valence-electron chi connectivity index (χ2n) is 4.61. The molecule has 6 nitrogen and oxygen atoms in total. The molecular formula is C13H16BrN3O3. The first-order chi connectivity index (χ1) is 9.61. The van der Waals surface area contributed by atoms with Gasteiger partial charge in [0.05, 0.1) is 10.9 Å². The van der Waals surface area contributed by atoms with Crippen molar-refractivity contribution in [3.05, 3.63) is 17.6 Å². The maximum absolute atomic E-state index is 12.1. The van der Waals surface area contributed by atoms with Crippen molar-refractivity contribution in [1.82, 2.24) is 14.9 Å². The Balaban J connectivity index is 2.16. The molecule has 0 spiro atoms. The summed E-state index contributed by atoms with van der Waals surface area (Å²) in [4.78, 5) is 33.5. The van der Waals surface area contributed by atoms with Gasteiger partial charge in [0, 0.05) is 19.3 Å². The van der Waals surface area contributed by atoms with E-state index in [-0.39, 0.29) is 22.6 Å². The van der Waals surface area contributed by atoms with Gasteiger partial charge < -0.3 is 9.64 Å². The Labute approximate surface area is 125 Å². The van der Waals surface area contributed by atoms with E-state index in [4.69, 9.17) is 4.74 Å². The van der Waals surface area contributed by atoms with E-state index >= 15 is 0 Å². The van der Waals surface area contributed by atoms with E-state index in [9.17, 15) is 9.59 Å². The van der Waals surface area contributed by atoms with Crippen LogP contribution >= 0.6 is 15.9 Å². The number of aryl methyl sites for hydroxylation is 1. The van der Waals surface area contributed by atoms with Crippen molar-refractivity contribution in [3.63, 3.8) is 0 Å². The molecule has 0 bridgehead atoms. The predicted molar refractivity (Wildman–Crippen MR) is 76.3 cm³/mol. The number of nitrogens with zero attached hydrogens (tertiary/aromatic N) is 3. The summed E-state index contributed by atoms with van der Waals surface area (Å²) in [6, 6.07) is 0. The first-order valence-electron chi connectivity index (χ1n) is 6.51. The van der Waals surface area contributed by atoms with Gasteiger partial charge in [0.1, 0.15) is 5.82 Å². The molecule has 2 heterocycles. The molecule has 0 unspecified atom stereocenters. The molecule has 0 saturated carbocycles.